The Labute approximate surface area is 129 Å². The second kappa shape index (κ2) is 7.27. The van der Waals surface area contributed by atoms with E-state index in [-0.39, 0.29) is 12.5 Å². The van der Waals surface area contributed by atoms with Crippen LogP contribution in [0.3, 0.4) is 0 Å². The van der Waals surface area contributed by atoms with Gasteiger partial charge in [0, 0.05) is 28.2 Å². The highest BCUT2D eigenvalue weighted by Crippen LogP contribution is 2.27. The van der Waals surface area contributed by atoms with Crippen LogP contribution in [-0.4, -0.2) is 36.5 Å². The topological polar surface area (TPSA) is 58.4 Å². The Hall–Kier alpha value is -0.810. The third-order valence-electron chi connectivity index (χ3n) is 3.61. The highest BCUT2D eigenvalue weighted by Gasteiger charge is 2.23. The third kappa shape index (κ3) is 4.09. The molecule has 2 rings (SSSR count). The van der Waals surface area contributed by atoms with Crippen molar-refractivity contribution >= 4 is 29.1 Å². The van der Waals surface area contributed by atoms with Crippen molar-refractivity contribution in [2.45, 2.75) is 25.4 Å². The summed E-state index contributed by atoms with van der Waals surface area (Å²) in [6.07, 6.45) is 1.99. The summed E-state index contributed by atoms with van der Waals surface area (Å²) in [6.45, 7) is 2.69. The summed E-state index contributed by atoms with van der Waals surface area (Å²) in [5.41, 5.74) is 6.22. The Kier molecular flexibility index (Phi) is 5.66. The summed E-state index contributed by atoms with van der Waals surface area (Å²) in [5, 5.41) is 4.57. The Balaban J connectivity index is 2.16. The van der Waals surface area contributed by atoms with Crippen molar-refractivity contribution in [2.75, 3.05) is 19.6 Å². The standard InChI is InChI=1S/C14H19Cl2N3O/c15-12-2-1-3-13(16)11(12)8-19(9-14(17)20)10-4-6-18-7-5-10/h1-3,10,18H,4-9H2,(H2,17,20). The van der Waals surface area contributed by atoms with Gasteiger partial charge in [0.2, 0.25) is 5.91 Å². The molecule has 3 N–H and O–H groups in total. The number of primary amides is 1. The van der Waals surface area contributed by atoms with Gasteiger partial charge in [-0.2, -0.15) is 0 Å². The molecule has 1 aromatic rings. The third-order valence-corrected chi connectivity index (χ3v) is 4.32. The van der Waals surface area contributed by atoms with E-state index >= 15 is 0 Å². The van der Waals surface area contributed by atoms with Crippen molar-refractivity contribution in [3.8, 4) is 0 Å². The van der Waals surface area contributed by atoms with Crippen molar-refractivity contribution in [3.63, 3.8) is 0 Å². The number of rotatable bonds is 5. The number of hydrogen-bond acceptors (Lipinski definition) is 3. The van der Waals surface area contributed by atoms with Crippen LogP contribution in [0.15, 0.2) is 18.2 Å². The molecule has 1 saturated heterocycles. The highest BCUT2D eigenvalue weighted by atomic mass is 35.5. The summed E-state index contributed by atoms with van der Waals surface area (Å²) in [6, 6.07) is 5.77. The van der Waals surface area contributed by atoms with Crippen LogP contribution in [-0.2, 0) is 11.3 Å². The number of piperidine rings is 1. The Bertz CT molecular complexity index is 455. The fourth-order valence-electron chi connectivity index (χ4n) is 2.57. The molecule has 1 aliphatic rings. The maximum Gasteiger partial charge on any atom is 0.231 e. The Morgan fingerprint density at radius 3 is 2.45 bits per heavy atom. The molecule has 0 atom stereocenters. The van der Waals surface area contributed by atoms with E-state index in [4.69, 9.17) is 28.9 Å². The summed E-state index contributed by atoms with van der Waals surface area (Å²) in [7, 11) is 0. The molecule has 1 aromatic carbocycles. The lowest BCUT2D eigenvalue weighted by molar-refractivity contribution is -0.120. The maximum absolute atomic E-state index is 11.3. The second-order valence-corrected chi connectivity index (χ2v) is 5.87. The molecule has 4 nitrogen and oxygen atoms in total. The molecule has 0 aliphatic carbocycles. The van der Waals surface area contributed by atoms with Crippen LogP contribution in [0.5, 0.6) is 0 Å². The average Bonchev–Trinajstić information content (AvgIpc) is 2.42. The second-order valence-electron chi connectivity index (χ2n) is 5.05. The quantitative estimate of drug-likeness (QED) is 0.874. The first-order chi connectivity index (χ1) is 9.58. The monoisotopic (exact) mass is 315 g/mol. The molecule has 6 heteroatoms. The van der Waals surface area contributed by atoms with Crippen LogP contribution >= 0.6 is 23.2 Å². The van der Waals surface area contributed by atoms with E-state index in [9.17, 15) is 4.79 Å². The minimum Gasteiger partial charge on any atom is -0.369 e. The Morgan fingerprint density at radius 2 is 1.90 bits per heavy atom. The number of benzene rings is 1. The van der Waals surface area contributed by atoms with Crippen LogP contribution in [0, 0.1) is 0 Å². The lowest BCUT2D eigenvalue weighted by Gasteiger charge is -2.34. The van der Waals surface area contributed by atoms with Gasteiger partial charge in [-0.05, 0) is 38.1 Å². The SMILES string of the molecule is NC(=O)CN(Cc1c(Cl)cccc1Cl)C1CCNCC1. The minimum absolute atomic E-state index is 0.228. The van der Waals surface area contributed by atoms with Crippen molar-refractivity contribution in [3.05, 3.63) is 33.8 Å². The van der Waals surface area contributed by atoms with Crippen LogP contribution < -0.4 is 11.1 Å². The fraction of sp³-hybridized carbons (Fsp3) is 0.500. The van der Waals surface area contributed by atoms with E-state index in [1.165, 1.54) is 0 Å². The lowest BCUT2D eigenvalue weighted by atomic mass is 10.0. The highest BCUT2D eigenvalue weighted by molar-refractivity contribution is 6.35. The van der Waals surface area contributed by atoms with Crippen molar-refractivity contribution in [1.29, 1.82) is 0 Å². The van der Waals surface area contributed by atoms with E-state index < -0.39 is 0 Å². The van der Waals surface area contributed by atoms with Crippen molar-refractivity contribution in [2.24, 2.45) is 5.73 Å². The normalized spacial score (nSPS) is 16.6. The van der Waals surface area contributed by atoms with Gasteiger partial charge in [-0.3, -0.25) is 9.69 Å². The summed E-state index contributed by atoms with van der Waals surface area (Å²) in [5.74, 6) is -0.327. The van der Waals surface area contributed by atoms with Gasteiger partial charge in [0.1, 0.15) is 0 Å². The molecule has 1 aliphatic heterocycles. The van der Waals surface area contributed by atoms with Crippen LogP contribution in [0.4, 0.5) is 0 Å². The summed E-state index contributed by atoms with van der Waals surface area (Å²) in [4.78, 5) is 13.4. The van der Waals surface area contributed by atoms with E-state index in [1.54, 1.807) is 0 Å². The molecule has 1 fully saturated rings. The smallest absolute Gasteiger partial charge is 0.231 e. The molecule has 1 heterocycles. The molecule has 20 heavy (non-hydrogen) atoms. The van der Waals surface area contributed by atoms with Crippen LogP contribution in [0.2, 0.25) is 10.0 Å². The largest absolute Gasteiger partial charge is 0.369 e. The molecular formula is C14H19Cl2N3O. The first-order valence-electron chi connectivity index (χ1n) is 6.74. The molecule has 0 spiro atoms. The van der Waals surface area contributed by atoms with E-state index in [2.05, 4.69) is 10.2 Å². The van der Waals surface area contributed by atoms with E-state index in [1.807, 2.05) is 18.2 Å². The fourth-order valence-corrected chi connectivity index (χ4v) is 3.09. The first-order valence-corrected chi connectivity index (χ1v) is 7.49. The molecule has 0 saturated carbocycles. The maximum atomic E-state index is 11.3. The molecule has 0 aromatic heterocycles. The number of nitrogens with zero attached hydrogens (tertiary/aromatic N) is 1. The molecular weight excluding hydrogens is 297 g/mol. The minimum atomic E-state index is -0.327. The predicted octanol–water partition coefficient (Wildman–Crippen LogP) is 2.03. The first kappa shape index (κ1) is 15.6. The van der Waals surface area contributed by atoms with Gasteiger partial charge in [-0.15, -0.1) is 0 Å². The lowest BCUT2D eigenvalue weighted by Crippen LogP contribution is -2.46. The molecule has 110 valence electrons. The predicted molar refractivity (Wildman–Crippen MR) is 82.0 cm³/mol. The zero-order valence-electron chi connectivity index (χ0n) is 11.2. The molecule has 0 unspecified atom stereocenters. The Morgan fingerprint density at radius 1 is 1.30 bits per heavy atom. The zero-order chi connectivity index (χ0) is 14.5. The summed E-state index contributed by atoms with van der Waals surface area (Å²) >= 11 is 12.4. The zero-order valence-corrected chi connectivity index (χ0v) is 12.8. The van der Waals surface area contributed by atoms with Crippen LogP contribution in [0.25, 0.3) is 0 Å². The van der Waals surface area contributed by atoms with Gasteiger partial charge in [0.15, 0.2) is 0 Å². The molecule has 0 bridgehead atoms. The van der Waals surface area contributed by atoms with Gasteiger partial charge in [0.05, 0.1) is 6.54 Å². The van der Waals surface area contributed by atoms with E-state index in [0.717, 1.165) is 31.5 Å². The number of carbonyl (C=O) groups excluding carboxylic acids is 1. The molecule has 1 amide bonds. The van der Waals surface area contributed by atoms with Gasteiger partial charge in [-0.25, -0.2) is 0 Å². The average molecular weight is 316 g/mol. The van der Waals surface area contributed by atoms with Gasteiger partial charge >= 0.3 is 0 Å². The number of carbonyl (C=O) groups is 1. The molecule has 0 radical (unpaired) electrons. The van der Waals surface area contributed by atoms with Gasteiger partial charge < -0.3 is 11.1 Å². The van der Waals surface area contributed by atoms with Gasteiger partial charge in [0.25, 0.3) is 0 Å². The summed E-state index contributed by atoms with van der Waals surface area (Å²) < 4.78 is 0. The van der Waals surface area contributed by atoms with Gasteiger partial charge in [-0.1, -0.05) is 29.3 Å². The van der Waals surface area contributed by atoms with Crippen molar-refractivity contribution < 1.29 is 4.79 Å². The number of hydrogen-bond donors (Lipinski definition) is 2. The number of halogens is 2. The van der Waals surface area contributed by atoms with E-state index in [0.29, 0.717) is 22.6 Å². The number of nitrogens with one attached hydrogen (secondary N) is 1. The number of nitrogens with two attached hydrogens (primary N) is 1. The number of amides is 1. The van der Waals surface area contributed by atoms with Crippen molar-refractivity contribution in [1.82, 2.24) is 10.2 Å². The van der Waals surface area contributed by atoms with Crippen LogP contribution in [0.1, 0.15) is 18.4 Å².